The van der Waals surface area contributed by atoms with Crippen LogP contribution >= 0.6 is 0 Å². The highest BCUT2D eigenvalue weighted by Crippen LogP contribution is 2.33. The number of anilines is 1. The van der Waals surface area contributed by atoms with Crippen LogP contribution < -0.4 is 15.2 Å². The minimum atomic E-state index is -4.49. The van der Waals surface area contributed by atoms with Crippen LogP contribution in [0.5, 0.6) is 17.2 Å². The molecule has 2 heterocycles. The van der Waals surface area contributed by atoms with Gasteiger partial charge in [0.15, 0.2) is 0 Å². The average Bonchev–Trinajstić information content (AvgIpc) is 2.95. The van der Waals surface area contributed by atoms with Crippen LogP contribution in [-0.2, 0) is 6.18 Å². The van der Waals surface area contributed by atoms with Crippen molar-refractivity contribution in [3.63, 3.8) is 0 Å². The van der Waals surface area contributed by atoms with E-state index in [1.54, 1.807) is 36.4 Å². The summed E-state index contributed by atoms with van der Waals surface area (Å²) in [5, 5.41) is 13.9. The standard InChI is InChI=1S/C30H29F3N4O3/c1-20(2)35-15-17-36(18-16-35)27-19-34-37(24-9-7-23(8-10-24)30(31,32)33)29(39)28(27)40-26-13-5-22(6-14-26)21-3-11-25(38)12-4-21/h3-14,19-20,38H,15-18H2,1-2H3. The first kappa shape index (κ1) is 27.3. The van der Waals surface area contributed by atoms with Gasteiger partial charge >= 0.3 is 11.7 Å². The van der Waals surface area contributed by atoms with E-state index in [4.69, 9.17) is 4.74 Å². The third-order valence-corrected chi connectivity index (χ3v) is 7.01. The van der Waals surface area contributed by atoms with E-state index in [1.165, 1.54) is 18.3 Å². The zero-order valence-corrected chi connectivity index (χ0v) is 22.1. The predicted octanol–water partition coefficient (Wildman–Crippen LogP) is 5.95. The molecule has 4 aromatic rings. The zero-order valence-electron chi connectivity index (χ0n) is 22.1. The van der Waals surface area contributed by atoms with Crippen molar-refractivity contribution < 1.29 is 23.0 Å². The highest BCUT2D eigenvalue weighted by molar-refractivity contribution is 5.65. The van der Waals surface area contributed by atoms with Gasteiger partial charge in [0, 0.05) is 32.2 Å². The molecule has 3 aromatic carbocycles. The number of aromatic nitrogens is 2. The van der Waals surface area contributed by atoms with E-state index in [1.807, 2.05) is 17.0 Å². The molecule has 7 nitrogen and oxygen atoms in total. The monoisotopic (exact) mass is 550 g/mol. The molecule has 0 unspecified atom stereocenters. The molecule has 1 saturated heterocycles. The normalized spacial score (nSPS) is 14.5. The maximum atomic E-state index is 13.7. The number of hydrogen-bond donors (Lipinski definition) is 1. The summed E-state index contributed by atoms with van der Waals surface area (Å²) in [4.78, 5) is 18.1. The molecular weight excluding hydrogens is 521 g/mol. The van der Waals surface area contributed by atoms with E-state index in [9.17, 15) is 23.1 Å². The predicted molar refractivity (Wildman–Crippen MR) is 147 cm³/mol. The largest absolute Gasteiger partial charge is 0.508 e. The van der Waals surface area contributed by atoms with Crippen molar-refractivity contribution >= 4 is 5.69 Å². The van der Waals surface area contributed by atoms with Crippen LogP contribution in [0.25, 0.3) is 16.8 Å². The van der Waals surface area contributed by atoms with Gasteiger partial charge in [-0.1, -0.05) is 24.3 Å². The van der Waals surface area contributed by atoms with Gasteiger partial charge in [-0.05, 0) is 73.5 Å². The van der Waals surface area contributed by atoms with Gasteiger partial charge in [-0.25, -0.2) is 0 Å². The number of nitrogens with zero attached hydrogens (tertiary/aromatic N) is 4. The van der Waals surface area contributed by atoms with Crippen LogP contribution in [0, 0.1) is 0 Å². The van der Waals surface area contributed by atoms with Crippen molar-refractivity contribution in [2.24, 2.45) is 0 Å². The third kappa shape index (κ3) is 5.81. The highest BCUT2D eigenvalue weighted by Gasteiger charge is 2.30. The second-order valence-electron chi connectivity index (χ2n) is 9.91. The van der Waals surface area contributed by atoms with Crippen molar-refractivity contribution in [2.45, 2.75) is 26.1 Å². The second kappa shape index (κ2) is 11.1. The van der Waals surface area contributed by atoms with Crippen LogP contribution in [-0.4, -0.2) is 52.0 Å². The van der Waals surface area contributed by atoms with Gasteiger partial charge in [-0.2, -0.15) is 23.0 Å². The number of halogens is 3. The number of rotatable bonds is 6. The SMILES string of the molecule is CC(C)N1CCN(c2cnn(-c3ccc(C(F)(F)F)cc3)c(=O)c2Oc2ccc(-c3ccc(O)cc3)cc2)CC1. The molecule has 5 rings (SSSR count). The van der Waals surface area contributed by atoms with Gasteiger partial charge in [0.1, 0.15) is 17.2 Å². The number of hydrogen-bond acceptors (Lipinski definition) is 6. The van der Waals surface area contributed by atoms with Gasteiger partial charge in [0.25, 0.3) is 0 Å². The van der Waals surface area contributed by atoms with Crippen LogP contribution in [0.3, 0.4) is 0 Å². The Balaban J connectivity index is 1.49. The highest BCUT2D eigenvalue weighted by atomic mass is 19.4. The molecule has 0 bridgehead atoms. The summed E-state index contributed by atoms with van der Waals surface area (Å²) in [6.07, 6.45) is -2.95. The summed E-state index contributed by atoms with van der Waals surface area (Å²) >= 11 is 0. The molecule has 208 valence electrons. The Morgan fingerprint density at radius 1 is 0.850 bits per heavy atom. The number of benzene rings is 3. The molecule has 0 aliphatic carbocycles. The van der Waals surface area contributed by atoms with Gasteiger partial charge in [0.2, 0.25) is 5.75 Å². The lowest BCUT2D eigenvalue weighted by Gasteiger charge is -2.38. The molecule has 0 atom stereocenters. The minimum absolute atomic E-state index is 0.0466. The molecule has 1 fully saturated rings. The Labute approximate surface area is 229 Å². The number of phenolic OH excluding ortho intramolecular Hbond substituents is 1. The van der Waals surface area contributed by atoms with Crippen molar-refractivity contribution in [3.05, 3.63) is 94.9 Å². The summed E-state index contributed by atoms with van der Waals surface area (Å²) in [6, 6.07) is 18.6. The number of phenols is 1. The fraction of sp³-hybridized carbons (Fsp3) is 0.267. The maximum absolute atomic E-state index is 13.7. The molecule has 0 spiro atoms. The molecule has 0 saturated carbocycles. The third-order valence-electron chi connectivity index (χ3n) is 7.01. The van der Waals surface area contributed by atoms with Crippen LogP contribution in [0.15, 0.2) is 83.8 Å². The fourth-order valence-electron chi connectivity index (χ4n) is 4.69. The van der Waals surface area contributed by atoms with Crippen LogP contribution in [0.4, 0.5) is 18.9 Å². The topological polar surface area (TPSA) is 70.8 Å². The summed E-state index contributed by atoms with van der Waals surface area (Å²) in [5.41, 5.74) is 1.14. The zero-order chi connectivity index (χ0) is 28.4. The first-order chi connectivity index (χ1) is 19.1. The van der Waals surface area contributed by atoms with E-state index in [0.29, 0.717) is 30.6 Å². The van der Waals surface area contributed by atoms with Crippen LogP contribution in [0.2, 0.25) is 0 Å². The minimum Gasteiger partial charge on any atom is -0.508 e. The average molecular weight is 551 g/mol. The van der Waals surface area contributed by atoms with Gasteiger partial charge in [-0.15, -0.1) is 0 Å². The lowest BCUT2D eigenvalue weighted by atomic mass is 10.1. The van der Waals surface area contributed by atoms with Gasteiger partial charge in [0.05, 0.1) is 17.4 Å². The summed E-state index contributed by atoms with van der Waals surface area (Å²) < 4.78 is 46.4. The number of piperazine rings is 1. The van der Waals surface area contributed by atoms with Crippen molar-refractivity contribution in [1.29, 1.82) is 0 Å². The smallest absolute Gasteiger partial charge is 0.416 e. The Kier molecular flexibility index (Phi) is 7.53. The van der Waals surface area contributed by atoms with Crippen molar-refractivity contribution in [2.75, 3.05) is 31.1 Å². The van der Waals surface area contributed by atoms with Crippen molar-refractivity contribution in [1.82, 2.24) is 14.7 Å². The Morgan fingerprint density at radius 2 is 1.43 bits per heavy atom. The number of ether oxygens (including phenoxy) is 1. The van der Waals surface area contributed by atoms with Crippen molar-refractivity contribution in [3.8, 4) is 34.1 Å². The second-order valence-corrected chi connectivity index (χ2v) is 9.91. The van der Waals surface area contributed by atoms with E-state index < -0.39 is 17.3 Å². The summed E-state index contributed by atoms with van der Waals surface area (Å²) in [5.74, 6) is 0.643. The van der Waals surface area contributed by atoms with E-state index >= 15 is 0 Å². The summed E-state index contributed by atoms with van der Waals surface area (Å²) in [7, 11) is 0. The Morgan fingerprint density at radius 3 is 1.98 bits per heavy atom. The maximum Gasteiger partial charge on any atom is 0.416 e. The summed E-state index contributed by atoms with van der Waals surface area (Å²) in [6.45, 7) is 7.22. The molecule has 1 aromatic heterocycles. The quantitative estimate of drug-likeness (QED) is 0.320. The number of aromatic hydroxyl groups is 1. The molecule has 0 radical (unpaired) electrons. The molecule has 10 heteroatoms. The molecule has 1 aliphatic rings. The first-order valence-corrected chi connectivity index (χ1v) is 13.0. The first-order valence-electron chi connectivity index (χ1n) is 13.0. The fourth-order valence-corrected chi connectivity index (χ4v) is 4.69. The Hall–Kier alpha value is -4.31. The Bertz CT molecular complexity index is 1510. The molecule has 40 heavy (non-hydrogen) atoms. The van der Waals surface area contributed by atoms with Gasteiger partial charge in [-0.3, -0.25) is 9.69 Å². The van der Waals surface area contributed by atoms with E-state index in [-0.39, 0.29) is 17.2 Å². The molecule has 1 N–H and O–H groups in total. The molecule has 0 amide bonds. The molecular formula is C30H29F3N4O3. The van der Waals surface area contributed by atoms with Crippen LogP contribution in [0.1, 0.15) is 19.4 Å². The molecule has 1 aliphatic heterocycles. The van der Waals surface area contributed by atoms with E-state index in [2.05, 4.69) is 23.8 Å². The van der Waals surface area contributed by atoms with Gasteiger partial charge < -0.3 is 14.7 Å². The van der Waals surface area contributed by atoms with E-state index in [0.717, 1.165) is 41.0 Å². The lowest BCUT2D eigenvalue weighted by Crippen LogP contribution is -2.49. The number of alkyl halides is 3. The lowest BCUT2D eigenvalue weighted by molar-refractivity contribution is -0.137.